The van der Waals surface area contributed by atoms with Crippen LogP contribution in [0.2, 0.25) is 0 Å². The fourth-order valence-corrected chi connectivity index (χ4v) is 1.78. The summed E-state index contributed by atoms with van der Waals surface area (Å²) in [6.07, 6.45) is 0. The molecule has 0 saturated carbocycles. The number of anilines is 1. The van der Waals surface area contributed by atoms with Gasteiger partial charge in [-0.2, -0.15) is 0 Å². The lowest BCUT2D eigenvalue weighted by Crippen LogP contribution is -2.05. The van der Waals surface area contributed by atoms with E-state index in [1.807, 2.05) is 0 Å². The van der Waals surface area contributed by atoms with E-state index in [0.717, 1.165) is 12.1 Å². The highest BCUT2D eigenvalue weighted by molar-refractivity contribution is 5.98. The predicted octanol–water partition coefficient (Wildman–Crippen LogP) is 3.00. The highest BCUT2D eigenvalue weighted by Gasteiger charge is 2.16. The van der Waals surface area contributed by atoms with Crippen molar-refractivity contribution in [2.24, 2.45) is 0 Å². The SMILES string of the molecule is COC(=O)c1cc(N)ccc1-c1ccc(F)cc1F. The maximum absolute atomic E-state index is 13.8. The number of methoxy groups -OCH3 is 1. The van der Waals surface area contributed by atoms with Crippen LogP contribution in [0.3, 0.4) is 0 Å². The van der Waals surface area contributed by atoms with Gasteiger partial charge in [-0.05, 0) is 29.8 Å². The van der Waals surface area contributed by atoms with Crippen LogP contribution in [0, 0.1) is 11.6 Å². The molecule has 0 heterocycles. The second-order valence-corrected chi connectivity index (χ2v) is 3.92. The van der Waals surface area contributed by atoms with Gasteiger partial charge in [0.05, 0.1) is 12.7 Å². The monoisotopic (exact) mass is 263 g/mol. The third-order valence-electron chi connectivity index (χ3n) is 2.67. The topological polar surface area (TPSA) is 52.3 Å². The molecule has 0 radical (unpaired) electrons. The van der Waals surface area contributed by atoms with E-state index in [1.54, 1.807) is 0 Å². The lowest BCUT2D eigenvalue weighted by atomic mass is 9.98. The third kappa shape index (κ3) is 2.54. The van der Waals surface area contributed by atoms with Crippen LogP contribution < -0.4 is 5.73 Å². The molecule has 19 heavy (non-hydrogen) atoms. The zero-order valence-electron chi connectivity index (χ0n) is 10.1. The molecule has 0 unspecified atom stereocenters. The minimum Gasteiger partial charge on any atom is -0.465 e. The van der Waals surface area contributed by atoms with Crippen LogP contribution in [0.1, 0.15) is 10.4 Å². The largest absolute Gasteiger partial charge is 0.465 e. The summed E-state index contributed by atoms with van der Waals surface area (Å²) in [5.74, 6) is -2.07. The quantitative estimate of drug-likeness (QED) is 0.669. The summed E-state index contributed by atoms with van der Waals surface area (Å²) in [6.45, 7) is 0. The van der Waals surface area contributed by atoms with Crippen LogP contribution in [0.5, 0.6) is 0 Å². The van der Waals surface area contributed by atoms with Gasteiger partial charge < -0.3 is 10.5 Å². The number of esters is 1. The van der Waals surface area contributed by atoms with E-state index in [4.69, 9.17) is 5.73 Å². The highest BCUT2D eigenvalue weighted by atomic mass is 19.1. The highest BCUT2D eigenvalue weighted by Crippen LogP contribution is 2.28. The van der Waals surface area contributed by atoms with Crippen molar-refractivity contribution in [1.29, 1.82) is 0 Å². The molecule has 5 heteroatoms. The Morgan fingerprint density at radius 2 is 1.79 bits per heavy atom. The van der Waals surface area contributed by atoms with E-state index < -0.39 is 17.6 Å². The first-order valence-corrected chi connectivity index (χ1v) is 5.46. The third-order valence-corrected chi connectivity index (χ3v) is 2.67. The molecule has 0 fully saturated rings. The molecule has 0 amide bonds. The zero-order valence-corrected chi connectivity index (χ0v) is 10.1. The van der Waals surface area contributed by atoms with Gasteiger partial charge in [-0.15, -0.1) is 0 Å². The van der Waals surface area contributed by atoms with E-state index in [2.05, 4.69) is 4.74 Å². The molecule has 2 aromatic rings. The van der Waals surface area contributed by atoms with Crippen LogP contribution in [-0.2, 0) is 4.74 Å². The van der Waals surface area contributed by atoms with Gasteiger partial charge in [0.1, 0.15) is 11.6 Å². The van der Waals surface area contributed by atoms with Crippen LogP contribution >= 0.6 is 0 Å². The summed E-state index contributed by atoms with van der Waals surface area (Å²) in [6, 6.07) is 7.57. The molecule has 2 rings (SSSR count). The minimum absolute atomic E-state index is 0.113. The Bertz CT molecular complexity index is 641. The minimum atomic E-state index is -0.755. The average Bonchev–Trinajstić information content (AvgIpc) is 2.38. The molecular weight excluding hydrogens is 252 g/mol. The van der Waals surface area contributed by atoms with Crippen molar-refractivity contribution in [2.75, 3.05) is 12.8 Å². The summed E-state index contributed by atoms with van der Waals surface area (Å²) in [7, 11) is 1.22. The van der Waals surface area contributed by atoms with Crippen molar-refractivity contribution < 1.29 is 18.3 Å². The number of hydrogen-bond donors (Lipinski definition) is 1. The van der Waals surface area contributed by atoms with Crippen LogP contribution in [-0.4, -0.2) is 13.1 Å². The molecule has 0 aliphatic rings. The number of halogens is 2. The average molecular weight is 263 g/mol. The van der Waals surface area contributed by atoms with Crippen molar-refractivity contribution >= 4 is 11.7 Å². The zero-order chi connectivity index (χ0) is 14.0. The van der Waals surface area contributed by atoms with Gasteiger partial charge in [-0.1, -0.05) is 6.07 Å². The fraction of sp³-hybridized carbons (Fsp3) is 0.0714. The maximum Gasteiger partial charge on any atom is 0.338 e. The molecule has 0 aliphatic heterocycles. The Morgan fingerprint density at radius 3 is 2.42 bits per heavy atom. The Kier molecular flexibility index (Phi) is 3.46. The van der Waals surface area contributed by atoms with Crippen molar-refractivity contribution in [3.63, 3.8) is 0 Å². The molecule has 0 aromatic heterocycles. The first-order chi connectivity index (χ1) is 9.02. The lowest BCUT2D eigenvalue weighted by Gasteiger charge is -2.10. The number of benzene rings is 2. The van der Waals surface area contributed by atoms with Crippen molar-refractivity contribution in [2.45, 2.75) is 0 Å². The predicted molar refractivity (Wildman–Crippen MR) is 67.5 cm³/mol. The number of nitrogen functional groups attached to an aromatic ring is 1. The molecule has 0 spiro atoms. The standard InChI is InChI=1S/C14H11F2NO2/c1-19-14(18)12-7-9(17)3-5-10(12)11-4-2-8(15)6-13(11)16/h2-7H,17H2,1H3. The van der Waals surface area contributed by atoms with E-state index in [9.17, 15) is 13.6 Å². The number of carbonyl (C=O) groups excluding carboxylic acids is 1. The maximum atomic E-state index is 13.8. The van der Waals surface area contributed by atoms with Gasteiger partial charge in [0.25, 0.3) is 0 Å². The second kappa shape index (κ2) is 5.06. The van der Waals surface area contributed by atoms with Crippen molar-refractivity contribution in [3.8, 4) is 11.1 Å². The Balaban J connectivity index is 2.64. The Hall–Kier alpha value is -2.43. The van der Waals surface area contributed by atoms with Gasteiger partial charge in [-0.3, -0.25) is 0 Å². The summed E-state index contributed by atoms with van der Waals surface area (Å²) in [5.41, 5.74) is 6.50. The first kappa shape index (κ1) is 13.0. The Labute approximate surface area is 108 Å². The molecule has 0 saturated heterocycles. The van der Waals surface area contributed by atoms with Crippen molar-refractivity contribution in [3.05, 3.63) is 53.6 Å². The molecule has 0 bridgehead atoms. The van der Waals surface area contributed by atoms with Crippen LogP contribution in [0.25, 0.3) is 11.1 Å². The van der Waals surface area contributed by atoms with Gasteiger partial charge in [-0.25, -0.2) is 13.6 Å². The smallest absolute Gasteiger partial charge is 0.338 e. The number of rotatable bonds is 2. The van der Waals surface area contributed by atoms with Gasteiger partial charge >= 0.3 is 5.97 Å². The molecule has 2 aromatic carbocycles. The lowest BCUT2D eigenvalue weighted by molar-refractivity contribution is 0.0601. The number of nitrogens with two attached hydrogens (primary N) is 1. The number of carbonyl (C=O) groups is 1. The summed E-state index contributed by atoms with van der Waals surface area (Å²) >= 11 is 0. The van der Waals surface area contributed by atoms with E-state index in [0.29, 0.717) is 11.3 Å². The Morgan fingerprint density at radius 1 is 1.11 bits per heavy atom. The number of ether oxygens (including phenoxy) is 1. The van der Waals surface area contributed by atoms with Gasteiger partial charge in [0.15, 0.2) is 0 Å². The normalized spacial score (nSPS) is 10.3. The molecule has 0 aliphatic carbocycles. The summed E-state index contributed by atoms with van der Waals surface area (Å²) < 4.78 is 31.3. The fourth-order valence-electron chi connectivity index (χ4n) is 1.78. The molecule has 98 valence electrons. The van der Waals surface area contributed by atoms with E-state index >= 15 is 0 Å². The molecule has 2 N–H and O–H groups in total. The van der Waals surface area contributed by atoms with Crippen LogP contribution in [0.4, 0.5) is 14.5 Å². The summed E-state index contributed by atoms with van der Waals surface area (Å²) in [4.78, 5) is 11.7. The van der Waals surface area contributed by atoms with Gasteiger partial charge in [0, 0.05) is 17.3 Å². The van der Waals surface area contributed by atoms with Gasteiger partial charge in [0.2, 0.25) is 0 Å². The summed E-state index contributed by atoms with van der Waals surface area (Å²) in [5, 5.41) is 0. The number of hydrogen-bond acceptors (Lipinski definition) is 3. The van der Waals surface area contributed by atoms with Crippen molar-refractivity contribution in [1.82, 2.24) is 0 Å². The first-order valence-electron chi connectivity index (χ1n) is 5.46. The molecular formula is C14H11F2NO2. The van der Waals surface area contributed by atoms with E-state index in [-0.39, 0.29) is 11.1 Å². The van der Waals surface area contributed by atoms with E-state index in [1.165, 1.54) is 31.4 Å². The second-order valence-electron chi connectivity index (χ2n) is 3.92. The van der Waals surface area contributed by atoms with Crippen LogP contribution in [0.15, 0.2) is 36.4 Å². The molecule has 3 nitrogen and oxygen atoms in total. The molecule has 0 atom stereocenters.